The second-order valence-electron chi connectivity index (χ2n) is 4.14. The fraction of sp³-hybridized carbons (Fsp3) is 0.800. The molecule has 2 heterocycles. The lowest BCUT2D eigenvalue weighted by Crippen LogP contribution is -2.42. The van der Waals surface area contributed by atoms with E-state index < -0.39 is 6.17 Å². The Bertz CT molecular complexity index is 285. The summed E-state index contributed by atoms with van der Waals surface area (Å²) in [5.74, 6) is 0.133. The van der Waals surface area contributed by atoms with Crippen LogP contribution in [0, 0.1) is 0 Å². The smallest absolute Gasteiger partial charge is 0.288 e. The molecule has 0 bridgehead atoms. The van der Waals surface area contributed by atoms with E-state index in [9.17, 15) is 14.0 Å². The van der Waals surface area contributed by atoms with Crippen molar-refractivity contribution in [1.82, 2.24) is 9.80 Å². The summed E-state index contributed by atoms with van der Waals surface area (Å²) < 4.78 is 13.1. The van der Waals surface area contributed by atoms with Crippen LogP contribution in [-0.2, 0) is 4.79 Å². The number of likely N-dealkylation sites (tertiary alicyclic amines) is 1. The predicted octanol–water partition coefficient (Wildman–Crippen LogP) is 1.12. The lowest BCUT2D eigenvalue weighted by molar-refractivity contribution is -0.124. The van der Waals surface area contributed by atoms with Gasteiger partial charge in [0, 0.05) is 19.6 Å². The Labute approximate surface area is 98.1 Å². The van der Waals surface area contributed by atoms with Gasteiger partial charge in [-0.05, 0) is 19.4 Å². The highest BCUT2D eigenvalue weighted by Crippen LogP contribution is 2.19. The normalized spacial score (nSPS) is 27.8. The first-order chi connectivity index (χ1) is 7.66. The molecule has 0 aromatic carbocycles. The first kappa shape index (κ1) is 11.9. The third kappa shape index (κ3) is 2.74. The van der Waals surface area contributed by atoms with E-state index in [2.05, 4.69) is 0 Å². The Kier molecular flexibility index (Phi) is 3.81. The van der Waals surface area contributed by atoms with Gasteiger partial charge in [0.25, 0.3) is 5.24 Å². The number of alkyl halides is 1. The Morgan fingerprint density at radius 2 is 2.19 bits per heavy atom. The van der Waals surface area contributed by atoms with E-state index in [4.69, 9.17) is 0 Å². The lowest BCUT2D eigenvalue weighted by atomic mass is 10.1. The molecule has 0 radical (unpaired) electrons. The summed E-state index contributed by atoms with van der Waals surface area (Å²) in [5.41, 5.74) is 0. The number of carbonyl (C=O) groups excluding carboxylic acids is 2. The van der Waals surface area contributed by atoms with Crippen molar-refractivity contribution in [3.8, 4) is 0 Å². The van der Waals surface area contributed by atoms with Crippen LogP contribution in [0.3, 0.4) is 0 Å². The molecule has 1 atom stereocenters. The van der Waals surface area contributed by atoms with Gasteiger partial charge in [0.2, 0.25) is 5.91 Å². The molecule has 1 unspecified atom stereocenters. The van der Waals surface area contributed by atoms with Crippen molar-refractivity contribution < 1.29 is 14.0 Å². The number of hydrogen-bond donors (Lipinski definition) is 0. The minimum Gasteiger partial charge on any atom is -0.299 e. The van der Waals surface area contributed by atoms with Crippen LogP contribution in [0.5, 0.6) is 0 Å². The molecule has 0 aliphatic carbocycles. The number of piperidine rings is 1. The summed E-state index contributed by atoms with van der Waals surface area (Å²) in [6.45, 7) is 2.29. The molecule has 0 aromatic heterocycles. The van der Waals surface area contributed by atoms with E-state index in [1.54, 1.807) is 0 Å². The van der Waals surface area contributed by atoms with Crippen molar-refractivity contribution >= 4 is 22.9 Å². The van der Waals surface area contributed by atoms with Crippen molar-refractivity contribution in [2.45, 2.75) is 19.0 Å². The van der Waals surface area contributed by atoms with Crippen LogP contribution in [0.25, 0.3) is 0 Å². The van der Waals surface area contributed by atoms with Gasteiger partial charge in [0.05, 0.1) is 5.75 Å². The molecule has 2 rings (SSSR count). The fourth-order valence-corrected chi connectivity index (χ4v) is 2.79. The summed E-state index contributed by atoms with van der Waals surface area (Å²) in [6, 6.07) is 0. The van der Waals surface area contributed by atoms with Gasteiger partial charge >= 0.3 is 0 Å². The zero-order chi connectivity index (χ0) is 11.5. The first-order valence-electron chi connectivity index (χ1n) is 5.50. The maximum atomic E-state index is 13.1. The number of amides is 2. The zero-order valence-electron chi connectivity index (χ0n) is 9.02. The van der Waals surface area contributed by atoms with Crippen LogP contribution in [0.15, 0.2) is 0 Å². The van der Waals surface area contributed by atoms with Crippen molar-refractivity contribution in [2.75, 3.05) is 31.9 Å². The van der Waals surface area contributed by atoms with E-state index in [0.717, 1.165) is 24.7 Å². The van der Waals surface area contributed by atoms with Gasteiger partial charge in [0.1, 0.15) is 6.17 Å². The Balaban J connectivity index is 1.78. The van der Waals surface area contributed by atoms with E-state index in [1.807, 2.05) is 4.90 Å². The van der Waals surface area contributed by atoms with E-state index in [1.165, 1.54) is 4.90 Å². The molecule has 2 aliphatic rings. The van der Waals surface area contributed by atoms with E-state index >= 15 is 0 Å². The molecule has 6 heteroatoms. The van der Waals surface area contributed by atoms with Gasteiger partial charge in [-0.15, -0.1) is 0 Å². The second-order valence-corrected chi connectivity index (χ2v) is 5.07. The minimum atomic E-state index is -0.756. The Morgan fingerprint density at radius 1 is 1.38 bits per heavy atom. The van der Waals surface area contributed by atoms with Gasteiger partial charge in [-0.1, -0.05) is 11.8 Å². The van der Waals surface area contributed by atoms with Gasteiger partial charge in [-0.25, -0.2) is 4.39 Å². The van der Waals surface area contributed by atoms with Crippen LogP contribution in [0.1, 0.15) is 12.8 Å². The third-order valence-electron chi connectivity index (χ3n) is 2.93. The maximum Gasteiger partial charge on any atom is 0.288 e. The monoisotopic (exact) mass is 246 g/mol. The van der Waals surface area contributed by atoms with Gasteiger partial charge in [0.15, 0.2) is 0 Å². The van der Waals surface area contributed by atoms with Crippen LogP contribution in [-0.4, -0.2) is 59.0 Å². The number of thioether (sulfide) groups is 1. The number of hydrogen-bond acceptors (Lipinski definition) is 4. The standard InChI is InChI=1S/C10H15FN2O2S/c11-8-2-1-3-12(6-8)4-5-13-9(14)7-16-10(13)15/h8H,1-7H2. The molecule has 2 amide bonds. The van der Waals surface area contributed by atoms with Gasteiger partial charge in [-0.3, -0.25) is 19.4 Å². The van der Waals surface area contributed by atoms with Crippen molar-refractivity contribution in [1.29, 1.82) is 0 Å². The number of carbonyl (C=O) groups is 2. The van der Waals surface area contributed by atoms with Crippen LogP contribution in [0.4, 0.5) is 9.18 Å². The number of imide groups is 1. The molecule has 0 N–H and O–H groups in total. The molecule has 0 saturated carbocycles. The minimum absolute atomic E-state index is 0.121. The SMILES string of the molecule is O=C1CSC(=O)N1CCN1CCCC(F)C1. The topological polar surface area (TPSA) is 40.6 Å². The average Bonchev–Trinajstić information content (AvgIpc) is 2.56. The molecular formula is C10H15FN2O2S. The molecule has 0 spiro atoms. The summed E-state index contributed by atoms with van der Waals surface area (Å²) in [6.07, 6.45) is 0.735. The highest BCUT2D eigenvalue weighted by atomic mass is 32.2. The van der Waals surface area contributed by atoms with Crippen LogP contribution >= 0.6 is 11.8 Å². The van der Waals surface area contributed by atoms with E-state index in [0.29, 0.717) is 26.1 Å². The van der Waals surface area contributed by atoms with Gasteiger partial charge < -0.3 is 0 Å². The van der Waals surface area contributed by atoms with Crippen LogP contribution < -0.4 is 0 Å². The average molecular weight is 246 g/mol. The first-order valence-corrected chi connectivity index (χ1v) is 6.49. The second kappa shape index (κ2) is 5.14. The highest BCUT2D eigenvalue weighted by Gasteiger charge is 2.30. The number of nitrogens with zero attached hydrogens (tertiary/aromatic N) is 2. The predicted molar refractivity (Wildman–Crippen MR) is 60.1 cm³/mol. The fourth-order valence-electron chi connectivity index (χ4n) is 2.04. The molecule has 90 valence electrons. The molecule has 2 fully saturated rings. The largest absolute Gasteiger partial charge is 0.299 e. The number of rotatable bonds is 3. The molecule has 0 aromatic rings. The van der Waals surface area contributed by atoms with Crippen molar-refractivity contribution in [3.63, 3.8) is 0 Å². The van der Waals surface area contributed by atoms with Crippen molar-refractivity contribution in [3.05, 3.63) is 0 Å². The number of halogens is 1. The third-order valence-corrected chi connectivity index (χ3v) is 3.79. The summed E-state index contributed by atoms with van der Waals surface area (Å²) in [4.78, 5) is 25.9. The molecule has 2 aliphatic heterocycles. The van der Waals surface area contributed by atoms with Crippen molar-refractivity contribution in [2.24, 2.45) is 0 Å². The summed E-state index contributed by atoms with van der Waals surface area (Å²) in [7, 11) is 0. The Morgan fingerprint density at radius 3 is 2.81 bits per heavy atom. The summed E-state index contributed by atoms with van der Waals surface area (Å²) in [5, 5.41) is -0.168. The molecule has 2 saturated heterocycles. The maximum absolute atomic E-state index is 13.1. The highest BCUT2D eigenvalue weighted by molar-refractivity contribution is 8.14. The van der Waals surface area contributed by atoms with E-state index in [-0.39, 0.29) is 16.9 Å². The van der Waals surface area contributed by atoms with Gasteiger partial charge in [-0.2, -0.15) is 0 Å². The molecule has 4 nitrogen and oxygen atoms in total. The zero-order valence-corrected chi connectivity index (χ0v) is 9.84. The summed E-state index contributed by atoms with van der Waals surface area (Å²) >= 11 is 1.05. The van der Waals surface area contributed by atoms with Crippen LogP contribution in [0.2, 0.25) is 0 Å². The molecular weight excluding hydrogens is 231 g/mol. The molecule has 16 heavy (non-hydrogen) atoms. The lowest BCUT2D eigenvalue weighted by Gasteiger charge is -2.29. The quantitative estimate of drug-likeness (QED) is 0.748. The Hall–Kier alpha value is -0.620.